The van der Waals surface area contributed by atoms with Crippen LogP contribution in [0.2, 0.25) is 5.02 Å². The van der Waals surface area contributed by atoms with Gasteiger partial charge in [0.1, 0.15) is 18.2 Å². The van der Waals surface area contributed by atoms with Crippen LogP contribution in [0.15, 0.2) is 42.6 Å². The van der Waals surface area contributed by atoms with E-state index in [2.05, 4.69) is 15.6 Å². The zero-order valence-corrected chi connectivity index (χ0v) is 24.8. The summed E-state index contributed by atoms with van der Waals surface area (Å²) in [5.41, 5.74) is -0.293. The van der Waals surface area contributed by atoms with E-state index in [1.807, 2.05) is 44.2 Å². The lowest BCUT2D eigenvalue weighted by molar-refractivity contribution is 0.0539. The highest BCUT2D eigenvalue weighted by molar-refractivity contribution is 6.34. The van der Waals surface area contributed by atoms with Crippen molar-refractivity contribution in [2.45, 2.75) is 50.8 Å². The maximum atomic E-state index is 16.5. The van der Waals surface area contributed by atoms with Crippen molar-refractivity contribution in [3.63, 3.8) is 0 Å². The summed E-state index contributed by atoms with van der Waals surface area (Å²) < 4.78 is 49.7. The molecule has 2 fully saturated rings. The van der Waals surface area contributed by atoms with Gasteiger partial charge in [0, 0.05) is 40.8 Å². The average molecular weight is 614 g/mol. The second-order valence-corrected chi connectivity index (χ2v) is 12.4. The molecule has 3 aliphatic rings. The van der Waals surface area contributed by atoms with Crippen LogP contribution >= 0.6 is 11.6 Å². The van der Waals surface area contributed by atoms with Crippen molar-refractivity contribution in [2.75, 3.05) is 33.0 Å². The Hall–Kier alpha value is -3.31. The number of hydrogen-bond acceptors (Lipinski definition) is 7. The molecular formula is C32H34ClF2N3O5. The minimum Gasteiger partial charge on any atom is -0.480 e. The van der Waals surface area contributed by atoms with Crippen LogP contribution in [-0.2, 0) is 16.8 Å². The van der Waals surface area contributed by atoms with Crippen LogP contribution < -0.4 is 20.1 Å². The molecule has 43 heavy (non-hydrogen) atoms. The fourth-order valence-corrected chi connectivity index (χ4v) is 6.65. The van der Waals surface area contributed by atoms with E-state index in [9.17, 15) is 9.90 Å². The van der Waals surface area contributed by atoms with Crippen LogP contribution in [0.5, 0.6) is 11.6 Å². The molecule has 0 aliphatic carbocycles. The fraction of sp³-hybridized carbons (Fsp3) is 0.438. The predicted octanol–water partition coefficient (Wildman–Crippen LogP) is 4.79. The van der Waals surface area contributed by atoms with Gasteiger partial charge >= 0.3 is 0 Å². The third kappa shape index (κ3) is 5.24. The molecule has 0 radical (unpaired) electrons. The van der Waals surface area contributed by atoms with E-state index < -0.39 is 29.0 Å². The maximum absolute atomic E-state index is 16.5. The Morgan fingerprint density at radius 3 is 2.72 bits per heavy atom. The molecule has 1 unspecified atom stereocenters. The number of halogens is 3. The second-order valence-electron chi connectivity index (χ2n) is 12.0. The van der Waals surface area contributed by atoms with Gasteiger partial charge in [0.15, 0.2) is 11.4 Å². The van der Waals surface area contributed by atoms with Gasteiger partial charge in [-0.25, -0.2) is 13.8 Å². The molecule has 2 aromatic carbocycles. The van der Waals surface area contributed by atoms with Gasteiger partial charge in [-0.1, -0.05) is 55.8 Å². The highest BCUT2D eigenvalue weighted by atomic mass is 35.5. The summed E-state index contributed by atoms with van der Waals surface area (Å²) >= 11 is 6.67. The molecule has 11 heteroatoms. The number of amides is 1. The Balaban J connectivity index is 1.52. The van der Waals surface area contributed by atoms with Crippen molar-refractivity contribution in [3.8, 4) is 22.8 Å². The first kappa shape index (κ1) is 29.7. The molecule has 8 nitrogen and oxygen atoms in total. The Morgan fingerprint density at radius 2 is 2.05 bits per heavy atom. The smallest absolute Gasteiger partial charge is 0.253 e. The molecule has 6 rings (SSSR count). The number of carbonyl (C=O) groups is 1. The van der Waals surface area contributed by atoms with Crippen molar-refractivity contribution in [1.82, 2.24) is 15.6 Å². The lowest BCUT2D eigenvalue weighted by Gasteiger charge is -2.35. The molecule has 3 aromatic rings. The number of ether oxygens (including phenoxy) is 3. The van der Waals surface area contributed by atoms with E-state index in [0.717, 1.165) is 24.9 Å². The zero-order valence-electron chi connectivity index (χ0n) is 24.0. The van der Waals surface area contributed by atoms with Crippen molar-refractivity contribution in [2.24, 2.45) is 5.41 Å². The molecule has 3 atom stereocenters. The van der Waals surface area contributed by atoms with Gasteiger partial charge in [-0.15, -0.1) is 0 Å². The van der Waals surface area contributed by atoms with Crippen LogP contribution in [0.1, 0.15) is 48.2 Å². The highest BCUT2D eigenvalue weighted by Gasteiger charge is 2.50. The van der Waals surface area contributed by atoms with Crippen molar-refractivity contribution < 1.29 is 32.9 Å². The van der Waals surface area contributed by atoms with Crippen LogP contribution in [0.4, 0.5) is 8.78 Å². The molecule has 1 amide bonds. The summed E-state index contributed by atoms with van der Waals surface area (Å²) in [5, 5.41) is 15.4. The quantitative estimate of drug-likeness (QED) is 0.336. The largest absolute Gasteiger partial charge is 0.480 e. The van der Waals surface area contributed by atoms with Gasteiger partial charge < -0.3 is 30.0 Å². The number of aliphatic hydroxyl groups excluding tert-OH is 1. The maximum Gasteiger partial charge on any atom is 0.253 e. The first-order chi connectivity index (χ1) is 20.7. The van der Waals surface area contributed by atoms with Crippen LogP contribution in [0, 0.1) is 17.0 Å². The summed E-state index contributed by atoms with van der Waals surface area (Å²) in [6.45, 7) is 4.85. The van der Waals surface area contributed by atoms with E-state index in [0.29, 0.717) is 18.8 Å². The summed E-state index contributed by atoms with van der Waals surface area (Å²) in [6.07, 6.45) is 3.20. The van der Waals surface area contributed by atoms with Crippen LogP contribution in [0.3, 0.4) is 0 Å². The Morgan fingerprint density at radius 1 is 1.26 bits per heavy atom. The Kier molecular flexibility index (Phi) is 8.06. The lowest BCUT2D eigenvalue weighted by atomic mass is 9.80. The van der Waals surface area contributed by atoms with E-state index in [-0.39, 0.29) is 64.6 Å². The summed E-state index contributed by atoms with van der Waals surface area (Å²) in [5.74, 6) is -2.64. The summed E-state index contributed by atoms with van der Waals surface area (Å²) in [6, 6.07) is 10.4. The first-order valence-corrected chi connectivity index (χ1v) is 14.8. The molecule has 228 valence electrons. The molecule has 0 spiro atoms. The van der Waals surface area contributed by atoms with Gasteiger partial charge in [-0.2, -0.15) is 0 Å². The molecular weight excluding hydrogens is 580 g/mol. The minimum absolute atomic E-state index is 0.00769. The zero-order chi connectivity index (χ0) is 30.4. The number of benzene rings is 2. The van der Waals surface area contributed by atoms with Crippen LogP contribution in [0.25, 0.3) is 11.1 Å². The topological polar surface area (TPSA) is 102 Å². The van der Waals surface area contributed by atoms with Gasteiger partial charge in [0.05, 0.1) is 42.5 Å². The Labute approximate surface area is 253 Å². The van der Waals surface area contributed by atoms with Gasteiger partial charge in [0.25, 0.3) is 11.8 Å². The van der Waals surface area contributed by atoms with Crippen LogP contribution in [-0.4, -0.2) is 61.1 Å². The van der Waals surface area contributed by atoms with E-state index in [1.165, 1.54) is 12.3 Å². The van der Waals surface area contributed by atoms with E-state index in [1.54, 1.807) is 0 Å². The van der Waals surface area contributed by atoms with Crippen molar-refractivity contribution in [1.29, 1.82) is 0 Å². The Bertz CT molecular complexity index is 1530. The molecule has 3 aliphatic heterocycles. The fourth-order valence-electron chi connectivity index (χ4n) is 6.39. The van der Waals surface area contributed by atoms with E-state index in [4.69, 9.17) is 25.8 Å². The molecule has 4 heterocycles. The minimum atomic E-state index is -0.992. The molecule has 0 bridgehead atoms. The standard InChI is InChI=1S/C32H34ClF2N3O5/c1-31(2)17-41-16-24(31)38-29(40)20-15-37-30(42-12-11-39)28(35)26(20)25-19-14-32(23-9-6-10-36-23,18-7-4-3-5-8-18)43-22(19)13-21(34)27(25)33/h3-5,7-8,13,15,23-24,36,39H,6,9-12,14,16-17H2,1-2H3,(H,38,40)/t23-,24?,32-/m0/s1. The lowest BCUT2D eigenvalue weighted by Crippen LogP contribution is -2.48. The van der Waals surface area contributed by atoms with Gasteiger partial charge in [0.2, 0.25) is 0 Å². The molecule has 1 aromatic heterocycles. The predicted molar refractivity (Wildman–Crippen MR) is 157 cm³/mol. The van der Waals surface area contributed by atoms with Gasteiger partial charge in [-0.05, 0) is 24.9 Å². The van der Waals surface area contributed by atoms with Gasteiger partial charge in [-0.3, -0.25) is 4.79 Å². The number of fused-ring (bicyclic) bond motifs is 1. The number of nitrogens with one attached hydrogen (secondary N) is 2. The molecule has 0 saturated carbocycles. The summed E-state index contributed by atoms with van der Waals surface area (Å²) in [4.78, 5) is 17.8. The molecule has 3 N–H and O–H groups in total. The third-order valence-corrected chi connectivity index (χ3v) is 9.09. The third-order valence-electron chi connectivity index (χ3n) is 8.72. The number of carbonyl (C=O) groups excluding carboxylic acids is 1. The number of hydrogen-bond donors (Lipinski definition) is 3. The van der Waals surface area contributed by atoms with E-state index >= 15 is 8.78 Å². The number of aromatic nitrogens is 1. The SMILES string of the molecule is CC1(C)COCC1NC(=O)c1cnc(OCCO)c(F)c1-c1c(Cl)c(F)cc2c1C[C@](c1ccccc1)([C@@H]1CCCN1)O2. The summed E-state index contributed by atoms with van der Waals surface area (Å²) in [7, 11) is 0. The van der Waals surface area contributed by atoms with Crippen molar-refractivity contribution in [3.05, 3.63) is 75.9 Å². The van der Waals surface area contributed by atoms with Crippen molar-refractivity contribution >= 4 is 17.5 Å². The average Bonchev–Trinajstić information content (AvgIpc) is 3.74. The number of pyridine rings is 1. The normalized spacial score (nSPS) is 24.0. The number of aliphatic hydroxyl groups is 1. The monoisotopic (exact) mass is 613 g/mol. The number of nitrogens with zero attached hydrogens (tertiary/aromatic N) is 1. The second kappa shape index (κ2) is 11.6. The first-order valence-electron chi connectivity index (χ1n) is 14.5. The molecule has 2 saturated heterocycles. The number of rotatable bonds is 8. The highest BCUT2D eigenvalue weighted by Crippen LogP contribution is 2.52.